The number of aromatic nitrogens is 4. The highest BCUT2D eigenvalue weighted by Crippen LogP contribution is 2.39. The molecule has 0 spiro atoms. The second kappa shape index (κ2) is 8.86. The summed E-state index contributed by atoms with van der Waals surface area (Å²) in [5, 5.41) is 7.62. The molecule has 1 aliphatic rings. The minimum absolute atomic E-state index is 0.149. The Labute approximate surface area is 182 Å². The quantitative estimate of drug-likeness (QED) is 0.399. The van der Waals surface area contributed by atoms with Crippen molar-refractivity contribution in [1.29, 1.82) is 0 Å². The molecule has 1 saturated carbocycles. The van der Waals surface area contributed by atoms with Crippen molar-refractivity contribution in [3.8, 4) is 17.1 Å². The van der Waals surface area contributed by atoms with Gasteiger partial charge in [0.1, 0.15) is 17.3 Å². The van der Waals surface area contributed by atoms with Crippen LogP contribution in [0.4, 0.5) is 15.8 Å². The fourth-order valence-electron chi connectivity index (χ4n) is 3.04. The van der Waals surface area contributed by atoms with E-state index in [-0.39, 0.29) is 23.0 Å². The van der Waals surface area contributed by atoms with E-state index in [1.807, 2.05) is 0 Å². The number of benzene rings is 1. The molecule has 162 valence electrons. The average molecular weight is 447 g/mol. The highest BCUT2D eigenvalue weighted by atomic mass is 35.5. The number of carbonyl (C=O) groups is 1. The largest absolute Gasteiger partial charge is 0.494 e. The van der Waals surface area contributed by atoms with Gasteiger partial charge in [-0.2, -0.15) is 5.10 Å². The Balaban J connectivity index is 1.72. The van der Waals surface area contributed by atoms with Gasteiger partial charge in [-0.3, -0.25) is 9.63 Å². The van der Waals surface area contributed by atoms with E-state index in [1.165, 1.54) is 31.5 Å². The van der Waals surface area contributed by atoms with E-state index in [4.69, 9.17) is 21.2 Å². The Kier molecular flexibility index (Phi) is 6.01. The standard InChI is InChI=1S/C20H20ClFN6O3/c1-3-31-27-20(29)14-9-23-17(21)8-15(14)25-16-7-11(22)6-13(18(16)30-2)19-24-10-28(26-19)12-4-5-12/h6-10,12H,3-5H2,1-2H3,(H,23,25)(H,27,29). The fraction of sp³-hybridized carbons (Fsp3) is 0.300. The van der Waals surface area contributed by atoms with Gasteiger partial charge >= 0.3 is 0 Å². The van der Waals surface area contributed by atoms with E-state index in [0.29, 0.717) is 28.9 Å². The summed E-state index contributed by atoms with van der Waals surface area (Å²) < 4.78 is 21.8. The number of halogens is 2. The molecule has 31 heavy (non-hydrogen) atoms. The van der Waals surface area contributed by atoms with Crippen molar-refractivity contribution in [3.05, 3.63) is 47.3 Å². The van der Waals surface area contributed by atoms with Gasteiger partial charge in [-0.05, 0) is 31.9 Å². The number of carbonyl (C=O) groups excluding carboxylic acids is 1. The second-order valence-corrected chi connectivity index (χ2v) is 7.24. The highest BCUT2D eigenvalue weighted by molar-refractivity contribution is 6.29. The summed E-state index contributed by atoms with van der Waals surface area (Å²) in [5.74, 6) is -0.400. The van der Waals surface area contributed by atoms with Crippen LogP contribution < -0.4 is 15.5 Å². The van der Waals surface area contributed by atoms with Crippen LogP contribution in [-0.4, -0.2) is 39.4 Å². The normalized spacial score (nSPS) is 13.2. The molecule has 1 aliphatic carbocycles. The number of pyridine rings is 1. The number of rotatable bonds is 8. The molecule has 0 aliphatic heterocycles. The average Bonchev–Trinajstić information content (AvgIpc) is 3.48. The number of methoxy groups -OCH3 is 1. The Bertz CT molecular complexity index is 1120. The number of anilines is 2. The van der Waals surface area contributed by atoms with Crippen LogP contribution in [0.5, 0.6) is 5.75 Å². The first-order chi connectivity index (χ1) is 15.0. The monoisotopic (exact) mass is 446 g/mol. The molecule has 0 saturated heterocycles. The molecule has 3 aromatic rings. The summed E-state index contributed by atoms with van der Waals surface area (Å²) >= 11 is 6.02. The van der Waals surface area contributed by atoms with Gasteiger partial charge in [0.25, 0.3) is 5.91 Å². The summed E-state index contributed by atoms with van der Waals surface area (Å²) in [6, 6.07) is 4.34. The SMILES string of the molecule is CCONC(=O)c1cnc(Cl)cc1Nc1cc(F)cc(-c2ncn(C3CC3)n2)c1OC. The van der Waals surface area contributed by atoms with E-state index in [1.54, 1.807) is 17.9 Å². The van der Waals surface area contributed by atoms with Crippen LogP contribution in [0.2, 0.25) is 5.15 Å². The minimum atomic E-state index is -0.533. The van der Waals surface area contributed by atoms with Gasteiger partial charge in [-0.25, -0.2) is 24.5 Å². The zero-order chi connectivity index (χ0) is 22.0. The highest BCUT2D eigenvalue weighted by Gasteiger charge is 2.26. The van der Waals surface area contributed by atoms with E-state index >= 15 is 0 Å². The first kappa shape index (κ1) is 21.0. The Hall–Kier alpha value is -3.24. The summed E-state index contributed by atoms with van der Waals surface area (Å²) in [6.45, 7) is 2.02. The summed E-state index contributed by atoms with van der Waals surface area (Å²) in [7, 11) is 1.46. The van der Waals surface area contributed by atoms with Crippen molar-refractivity contribution < 1.29 is 18.8 Å². The van der Waals surface area contributed by atoms with E-state index < -0.39 is 11.7 Å². The van der Waals surface area contributed by atoms with Gasteiger partial charge in [0.2, 0.25) is 0 Å². The van der Waals surface area contributed by atoms with Crippen LogP contribution in [-0.2, 0) is 4.84 Å². The van der Waals surface area contributed by atoms with Crippen molar-refractivity contribution in [2.24, 2.45) is 0 Å². The van der Waals surface area contributed by atoms with Crippen LogP contribution in [0.25, 0.3) is 11.4 Å². The fourth-order valence-corrected chi connectivity index (χ4v) is 3.20. The molecule has 1 fully saturated rings. The Morgan fingerprint density at radius 3 is 2.81 bits per heavy atom. The van der Waals surface area contributed by atoms with E-state index in [9.17, 15) is 9.18 Å². The van der Waals surface area contributed by atoms with Gasteiger partial charge in [-0.15, -0.1) is 0 Å². The topological polar surface area (TPSA) is 103 Å². The van der Waals surface area contributed by atoms with Crippen LogP contribution in [0.1, 0.15) is 36.2 Å². The molecule has 4 rings (SSSR count). The van der Waals surface area contributed by atoms with Crippen molar-refractivity contribution in [2.45, 2.75) is 25.8 Å². The smallest absolute Gasteiger partial charge is 0.278 e. The lowest BCUT2D eigenvalue weighted by atomic mass is 10.1. The number of nitrogens with one attached hydrogen (secondary N) is 2. The summed E-state index contributed by atoms with van der Waals surface area (Å²) in [4.78, 5) is 25.6. The zero-order valence-electron chi connectivity index (χ0n) is 16.9. The lowest BCUT2D eigenvalue weighted by Gasteiger charge is -2.16. The maximum Gasteiger partial charge on any atom is 0.278 e. The molecule has 0 atom stereocenters. The lowest BCUT2D eigenvalue weighted by Crippen LogP contribution is -2.24. The first-order valence-corrected chi connectivity index (χ1v) is 10.0. The third kappa shape index (κ3) is 4.59. The predicted octanol–water partition coefficient (Wildman–Crippen LogP) is 3.90. The third-order valence-electron chi connectivity index (χ3n) is 4.62. The van der Waals surface area contributed by atoms with Crippen molar-refractivity contribution in [2.75, 3.05) is 19.0 Å². The van der Waals surface area contributed by atoms with Crippen LogP contribution in [0.3, 0.4) is 0 Å². The van der Waals surface area contributed by atoms with Gasteiger partial charge in [0, 0.05) is 12.3 Å². The van der Waals surface area contributed by atoms with Crippen molar-refractivity contribution in [1.82, 2.24) is 25.2 Å². The van der Waals surface area contributed by atoms with Gasteiger partial charge in [-0.1, -0.05) is 11.6 Å². The molecule has 0 bridgehead atoms. The Morgan fingerprint density at radius 1 is 1.29 bits per heavy atom. The number of hydrogen-bond donors (Lipinski definition) is 2. The molecule has 2 aromatic heterocycles. The number of hydroxylamine groups is 1. The van der Waals surface area contributed by atoms with E-state index in [2.05, 4.69) is 25.9 Å². The van der Waals surface area contributed by atoms with Gasteiger partial charge < -0.3 is 10.1 Å². The molecule has 11 heteroatoms. The predicted molar refractivity (Wildman–Crippen MR) is 112 cm³/mol. The van der Waals surface area contributed by atoms with Crippen molar-refractivity contribution >= 4 is 28.9 Å². The lowest BCUT2D eigenvalue weighted by molar-refractivity contribution is 0.0365. The molecule has 1 aromatic carbocycles. The van der Waals surface area contributed by atoms with Crippen LogP contribution in [0.15, 0.2) is 30.7 Å². The van der Waals surface area contributed by atoms with Crippen LogP contribution in [0, 0.1) is 5.82 Å². The third-order valence-corrected chi connectivity index (χ3v) is 4.83. The number of ether oxygens (including phenoxy) is 1. The molecule has 0 unspecified atom stereocenters. The van der Waals surface area contributed by atoms with E-state index in [0.717, 1.165) is 12.8 Å². The second-order valence-electron chi connectivity index (χ2n) is 6.86. The maximum atomic E-state index is 14.5. The number of nitrogens with zero attached hydrogens (tertiary/aromatic N) is 4. The number of hydrogen-bond acceptors (Lipinski definition) is 7. The summed E-state index contributed by atoms with van der Waals surface area (Å²) in [5.41, 5.74) is 3.40. The minimum Gasteiger partial charge on any atom is -0.494 e. The maximum absolute atomic E-state index is 14.5. The van der Waals surface area contributed by atoms with Crippen LogP contribution >= 0.6 is 11.6 Å². The molecule has 1 amide bonds. The van der Waals surface area contributed by atoms with Crippen molar-refractivity contribution in [3.63, 3.8) is 0 Å². The molecule has 2 heterocycles. The van der Waals surface area contributed by atoms with Gasteiger partial charge in [0.15, 0.2) is 11.6 Å². The summed E-state index contributed by atoms with van der Waals surface area (Å²) in [6.07, 6.45) is 5.02. The molecule has 0 radical (unpaired) electrons. The molecule has 9 nitrogen and oxygen atoms in total. The molecular formula is C20H20ClFN6O3. The first-order valence-electron chi connectivity index (χ1n) is 9.64. The Morgan fingerprint density at radius 2 is 2.10 bits per heavy atom. The number of amides is 1. The zero-order valence-corrected chi connectivity index (χ0v) is 17.6. The van der Waals surface area contributed by atoms with Gasteiger partial charge in [0.05, 0.1) is 42.3 Å². The molecule has 2 N–H and O–H groups in total. The molecular weight excluding hydrogens is 427 g/mol.